The van der Waals surface area contributed by atoms with E-state index >= 15 is 0 Å². The van der Waals surface area contributed by atoms with Crippen LogP contribution in [-0.2, 0) is 10.0 Å². The van der Waals surface area contributed by atoms with E-state index < -0.39 is 15.6 Å². The molecule has 0 aromatic carbocycles. The third-order valence-corrected chi connectivity index (χ3v) is 8.35. The Morgan fingerprint density at radius 1 is 1.29 bits per heavy atom. The van der Waals surface area contributed by atoms with Gasteiger partial charge in [0.15, 0.2) is 0 Å². The molecular weight excluding hydrogens is 418 g/mol. The lowest BCUT2D eigenvalue weighted by atomic mass is 10.00. The van der Waals surface area contributed by atoms with Crippen LogP contribution in [0.4, 0.5) is 5.95 Å². The first-order valence-electron chi connectivity index (χ1n) is 10.6. The molecule has 4 rings (SSSR count). The van der Waals surface area contributed by atoms with Crippen LogP contribution >= 0.6 is 0 Å². The summed E-state index contributed by atoms with van der Waals surface area (Å²) >= 11 is 0. The van der Waals surface area contributed by atoms with Crippen molar-refractivity contribution in [2.75, 3.05) is 18.4 Å². The van der Waals surface area contributed by atoms with E-state index in [-0.39, 0.29) is 22.5 Å². The summed E-state index contributed by atoms with van der Waals surface area (Å²) in [7, 11) is -3.44. The fraction of sp³-hybridized carbons (Fsp3) is 0.571. The van der Waals surface area contributed by atoms with E-state index in [9.17, 15) is 18.3 Å². The molecule has 0 radical (unpaired) electrons. The molecule has 2 fully saturated rings. The summed E-state index contributed by atoms with van der Waals surface area (Å²) in [6.45, 7) is 7.63. The minimum Gasteiger partial charge on any atom is -0.388 e. The largest absolute Gasteiger partial charge is 0.388 e. The van der Waals surface area contributed by atoms with E-state index in [1.54, 1.807) is 23.8 Å². The zero-order valence-corrected chi connectivity index (χ0v) is 18.7. The normalized spacial score (nSPS) is 25.7. The first kappa shape index (κ1) is 21.9. The zero-order valence-electron chi connectivity index (χ0n) is 17.9. The third kappa shape index (κ3) is 4.11. The van der Waals surface area contributed by atoms with Crippen LogP contribution in [0.1, 0.15) is 52.0 Å². The number of fused-ring (bicyclic) bond motifs is 1. The van der Waals surface area contributed by atoms with Gasteiger partial charge in [-0.25, -0.2) is 13.4 Å². The molecule has 1 saturated heterocycles. The van der Waals surface area contributed by atoms with Gasteiger partial charge in [-0.1, -0.05) is 6.58 Å². The van der Waals surface area contributed by atoms with Crippen LogP contribution in [0.2, 0.25) is 0 Å². The second kappa shape index (κ2) is 7.99. The molecule has 3 heterocycles. The van der Waals surface area contributed by atoms with E-state index in [0.717, 1.165) is 11.8 Å². The van der Waals surface area contributed by atoms with Gasteiger partial charge in [0.25, 0.3) is 5.56 Å². The predicted octanol–water partition coefficient (Wildman–Crippen LogP) is 2.01. The molecule has 2 atom stereocenters. The highest BCUT2D eigenvalue weighted by atomic mass is 32.2. The molecule has 9 nitrogen and oxygen atoms in total. The Bertz CT molecular complexity index is 1170. The number of rotatable bonds is 5. The second-order valence-electron chi connectivity index (χ2n) is 8.80. The van der Waals surface area contributed by atoms with E-state index in [0.29, 0.717) is 50.4 Å². The van der Waals surface area contributed by atoms with Crippen LogP contribution in [0.25, 0.3) is 11.0 Å². The Morgan fingerprint density at radius 3 is 2.61 bits per heavy atom. The van der Waals surface area contributed by atoms with Crippen molar-refractivity contribution in [2.45, 2.75) is 63.6 Å². The maximum Gasteiger partial charge on any atom is 0.252 e. The summed E-state index contributed by atoms with van der Waals surface area (Å²) in [6, 6.07) is 2.88. The molecule has 10 heteroatoms. The number of hydrogen-bond donors (Lipinski definition) is 2. The fourth-order valence-corrected chi connectivity index (χ4v) is 5.72. The Kier molecular flexibility index (Phi) is 5.65. The second-order valence-corrected chi connectivity index (χ2v) is 11.0. The van der Waals surface area contributed by atoms with Gasteiger partial charge < -0.3 is 10.4 Å². The maximum atomic E-state index is 12.7. The number of anilines is 1. The minimum absolute atomic E-state index is 0.0208. The van der Waals surface area contributed by atoms with Crippen molar-refractivity contribution in [1.82, 2.24) is 18.8 Å². The van der Waals surface area contributed by atoms with Crippen LogP contribution in [-0.4, -0.2) is 57.1 Å². The highest BCUT2D eigenvalue weighted by molar-refractivity contribution is 7.92. The lowest BCUT2D eigenvalue weighted by Crippen LogP contribution is -2.42. The summed E-state index contributed by atoms with van der Waals surface area (Å²) in [5.41, 5.74) is -0.653. The molecule has 0 amide bonds. The topological polar surface area (TPSA) is 117 Å². The summed E-state index contributed by atoms with van der Waals surface area (Å²) in [6.07, 6.45) is 5.11. The number of aromatic nitrogens is 3. The minimum atomic E-state index is -3.44. The zero-order chi connectivity index (χ0) is 22.4. The van der Waals surface area contributed by atoms with Crippen molar-refractivity contribution < 1.29 is 13.5 Å². The van der Waals surface area contributed by atoms with Gasteiger partial charge in [0.2, 0.25) is 16.0 Å². The van der Waals surface area contributed by atoms with Crippen molar-refractivity contribution in [1.29, 1.82) is 0 Å². The average Bonchev–Trinajstić information content (AvgIpc) is 3.07. The van der Waals surface area contributed by atoms with Gasteiger partial charge in [0.1, 0.15) is 5.65 Å². The highest BCUT2D eigenvalue weighted by Crippen LogP contribution is 2.39. The molecule has 1 aliphatic heterocycles. The number of sulfonamides is 1. The molecule has 2 aromatic heterocycles. The Hall–Kier alpha value is -2.30. The Balaban J connectivity index is 1.57. The SMILES string of the molecule is C=C(C)S(=O)(=O)N1CCC(Nc2ncc3ccc(=O)n([C@@H]4CCC[C@@]4(C)O)c3n2)CC1. The predicted molar refractivity (Wildman–Crippen MR) is 119 cm³/mol. The average molecular weight is 448 g/mol. The van der Waals surface area contributed by atoms with Crippen molar-refractivity contribution in [3.05, 3.63) is 40.2 Å². The molecule has 0 unspecified atom stereocenters. The smallest absolute Gasteiger partial charge is 0.252 e. The Morgan fingerprint density at radius 2 is 2.00 bits per heavy atom. The van der Waals surface area contributed by atoms with Gasteiger partial charge >= 0.3 is 0 Å². The van der Waals surface area contributed by atoms with Gasteiger partial charge in [-0.05, 0) is 52.0 Å². The van der Waals surface area contributed by atoms with Crippen LogP contribution in [0.5, 0.6) is 0 Å². The maximum absolute atomic E-state index is 12.7. The number of pyridine rings is 1. The van der Waals surface area contributed by atoms with Crippen molar-refractivity contribution in [3.8, 4) is 0 Å². The first-order valence-corrected chi connectivity index (χ1v) is 12.1. The van der Waals surface area contributed by atoms with Gasteiger partial charge in [-0.15, -0.1) is 0 Å². The molecule has 2 aromatic rings. The molecule has 0 spiro atoms. The number of nitrogens with one attached hydrogen (secondary N) is 1. The van der Waals surface area contributed by atoms with Crippen LogP contribution in [0.15, 0.2) is 34.6 Å². The van der Waals surface area contributed by atoms with Gasteiger partial charge in [-0.3, -0.25) is 9.36 Å². The number of nitrogens with zero attached hydrogens (tertiary/aromatic N) is 4. The third-order valence-electron chi connectivity index (χ3n) is 6.42. The molecule has 2 N–H and O–H groups in total. The molecular formula is C21H29N5O4S. The molecule has 1 aliphatic carbocycles. The quantitative estimate of drug-likeness (QED) is 0.720. The van der Waals surface area contributed by atoms with Gasteiger partial charge in [-0.2, -0.15) is 9.29 Å². The molecule has 31 heavy (non-hydrogen) atoms. The fourth-order valence-electron chi connectivity index (χ4n) is 4.59. The number of allylic oxidation sites excluding steroid dienone is 1. The van der Waals surface area contributed by atoms with E-state index in [2.05, 4.69) is 21.9 Å². The van der Waals surface area contributed by atoms with E-state index in [4.69, 9.17) is 0 Å². The summed E-state index contributed by atoms with van der Waals surface area (Å²) in [5, 5.41) is 14.8. The van der Waals surface area contributed by atoms with Gasteiger partial charge in [0, 0.05) is 41.7 Å². The number of hydrogen-bond acceptors (Lipinski definition) is 7. The van der Waals surface area contributed by atoms with Gasteiger partial charge in [0.05, 0.1) is 11.6 Å². The first-order chi connectivity index (χ1) is 14.6. The summed E-state index contributed by atoms with van der Waals surface area (Å²) in [4.78, 5) is 21.9. The standard InChI is InChI=1S/C21H29N5O4S/c1-14(2)31(29,30)25-11-8-16(9-12-25)23-20-22-13-15-6-7-18(27)26(19(15)24-20)17-5-4-10-21(17,3)28/h6-7,13,16-17,28H,1,4-5,8-12H2,2-3H3,(H,22,23,24)/t17-,21-/m1/s1. The monoisotopic (exact) mass is 447 g/mol. The molecule has 2 aliphatic rings. The number of piperidine rings is 1. The van der Waals surface area contributed by atoms with Crippen molar-refractivity contribution >= 4 is 27.0 Å². The number of aliphatic hydroxyl groups is 1. The molecule has 168 valence electrons. The van der Waals surface area contributed by atoms with E-state index in [1.165, 1.54) is 17.3 Å². The van der Waals surface area contributed by atoms with Crippen LogP contribution < -0.4 is 10.9 Å². The van der Waals surface area contributed by atoms with Crippen molar-refractivity contribution in [3.63, 3.8) is 0 Å². The van der Waals surface area contributed by atoms with E-state index in [1.807, 2.05) is 0 Å². The van der Waals surface area contributed by atoms with Crippen molar-refractivity contribution in [2.24, 2.45) is 0 Å². The Labute approximate surface area is 181 Å². The molecule has 1 saturated carbocycles. The lowest BCUT2D eigenvalue weighted by molar-refractivity contribution is 0.0267. The highest BCUT2D eigenvalue weighted by Gasteiger charge is 2.39. The van der Waals surface area contributed by atoms with Crippen LogP contribution in [0.3, 0.4) is 0 Å². The van der Waals surface area contributed by atoms with Crippen LogP contribution in [0, 0.1) is 0 Å². The summed E-state index contributed by atoms with van der Waals surface area (Å²) < 4.78 is 27.6. The lowest BCUT2D eigenvalue weighted by Gasteiger charge is -2.31. The summed E-state index contributed by atoms with van der Waals surface area (Å²) in [5.74, 6) is 0.394. The molecule has 0 bridgehead atoms.